The summed E-state index contributed by atoms with van der Waals surface area (Å²) in [6, 6.07) is 13.0. The lowest BCUT2D eigenvalue weighted by Crippen LogP contribution is -2.45. The highest BCUT2D eigenvalue weighted by molar-refractivity contribution is 5.85. The fourth-order valence-corrected chi connectivity index (χ4v) is 3.69. The summed E-state index contributed by atoms with van der Waals surface area (Å²) >= 11 is 0. The number of rotatable bonds is 6. The molecular weight excluding hydrogens is 430 g/mol. The van der Waals surface area contributed by atoms with Crippen LogP contribution < -0.4 is 15.4 Å². The van der Waals surface area contributed by atoms with Crippen molar-refractivity contribution < 1.29 is 9.13 Å². The highest BCUT2D eigenvalue weighted by Gasteiger charge is 2.26. The molecule has 162 valence electrons. The summed E-state index contributed by atoms with van der Waals surface area (Å²) in [6.07, 6.45) is 3.70. The molecule has 1 saturated heterocycles. The van der Waals surface area contributed by atoms with E-state index < -0.39 is 0 Å². The van der Waals surface area contributed by atoms with Crippen molar-refractivity contribution in [3.8, 4) is 11.4 Å². The van der Waals surface area contributed by atoms with Gasteiger partial charge in [-0.25, -0.2) is 9.07 Å². The van der Waals surface area contributed by atoms with Crippen molar-refractivity contribution in [2.45, 2.75) is 31.5 Å². The second-order valence-electron chi connectivity index (χ2n) is 6.86. The van der Waals surface area contributed by atoms with Crippen LogP contribution in [0.4, 0.5) is 4.39 Å². The molecule has 1 fully saturated rings. The van der Waals surface area contributed by atoms with E-state index in [0.29, 0.717) is 6.54 Å². The minimum absolute atomic E-state index is 0. The number of benzene rings is 2. The van der Waals surface area contributed by atoms with Crippen LogP contribution >= 0.6 is 24.8 Å². The van der Waals surface area contributed by atoms with Gasteiger partial charge in [0.2, 0.25) is 0 Å². The zero-order valence-electron chi connectivity index (χ0n) is 16.5. The molecule has 4 rings (SSSR count). The molecule has 0 spiro atoms. The number of ether oxygens (including phenoxy) is 1. The van der Waals surface area contributed by atoms with Gasteiger partial charge in [0, 0.05) is 24.2 Å². The fraction of sp³-hybridized carbons (Fsp3) is 0.350. The molecule has 30 heavy (non-hydrogen) atoms. The minimum Gasteiger partial charge on any atom is -0.496 e. The SMILES string of the molecule is COc1ccc(-n2cnnn2)cc1CN[C@H]1CCCN[C@H]1c1ccc(F)cc1.Cl.Cl. The van der Waals surface area contributed by atoms with Crippen LogP contribution in [0, 0.1) is 5.82 Å². The maximum absolute atomic E-state index is 13.3. The highest BCUT2D eigenvalue weighted by Crippen LogP contribution is 2.26. The summed E-state index contributed by atoms with van der Waals surface area (Å²) in [5.41, 5.74) is 2.99. The first-order chi connectivity index (χ1) is 13.7. The van der Waals surface area contributed by atoms with Crippen LogP contribution in [0.25, 0.3) is 5.69 Å². The number of piperidine rings is 1. The van der Waals surface area contributed by atoms with E-state index >= 15 is 0 Å². The van der Waals surface area contributed by atoms with Crippen molar-refractivity contribution in [3.05, 3.63) is 65.7 Å². The van der Waals surface area contributed by atoms with Gasteiger partial charge in [-0.15, -0.1) is 29.9 Å². The van der Waals surface area contributed by atoms with Crippen LogP contribution in [-0.2, 0) is 6.54 Å². The molecule has 2 aromatic carbocycles. The fourth-order valence-electron chi connectivity index (χ4n) is 3.69. The van der Waals surface area contributed by atoms with Crippen LogP contribution in [0.2, 0.25) is 0 Å². The zero-order chi connectivity index (χ0) is 19.3. The number of methoxy groups -OCH3 is 1. The van der Waals surface area contributed by atoms with E-state index in [0.717, 1.165) is 42.0 Å². The number of nitrogens with one attached hydrogen (secondary N) is 2. The average molecular weight is 455 g/mol. The molecule has 3 aromatic rings. The maximum atomic E-state index is 13.3. The standard InChI is InChI=1S/C20H23FN6O.2ClH/c1-28-19-9-8-17(27-13-24-25-26-27)11-15(19)12-23-18-3-2-10-22-20(18)14-4-6-16(21)7-5-14;;/h4-9,11,13,18,20,22-23H,2-3,10,12H2,1H3;2*1H/t18-,20-;;/m0../s1. The van der Waals surface area contributed by atoms with Gasteiger partial charge >= 0.3 is 0 Å². The van der Waals surface area contributed by atoms with Crippen LogP contribution in [-0.4, -0.2) is 39.9 Å². The summed E-state index contributed by atoms with van der Waals surface area (Å²) in [6.45, 7) is 1.60. The lowest BCUT2D eigenvalue weighted by molar-refractivity contribution is 0.302. The zero-order valence-corrected chi connectivity index (χ0v) is 18.1. The van der Waals surface area contributed by atoms with Gasteiger partial charge in [0.1, 0.15) is 17.9 Å². The lowest BCUT2D eigenvalue weighted by Gasteiger charge is -2.34. The Morgan fingerprint density at radius 1 is 1.20 bits per heavy atom. The van der Waals surface area contributed by atoms with Crippen LogP contribution in [0.5, 0.6) is 5.75 Å². The van der Waals surface area contributed by atoms with E-state index in [1.54, 1.807) is 18.1 Å². The molecular formula is C20H25Cl2FN6O. The Labute approximate surface area is 187 Å². The Morgan fingerprint density at radius 2 is 2.00 bits per heavy atom. The van der Waals surface area contributed by atoms with Crippen molar-refractivity contribution in [2.75, 3.05) is 13.7 Å². The summed E-state index contributed by atoms with van der Waals surface area (Å²) in [5.74, 6) is 0.597. The molecule has 1 aromatic heterocycles. The Balaban J connectivity index is 0.00000160. The van der Waals surface area contributed by atoms with Crippen molar-refractivity contribution in [2.24, 2.45) is 0 Å². The molecule has 2 heterocycles. The maximum Gasteiger partial charge on any atom is 0.143 e. The number of nitrogens with zero attached hydrogens (tertiary/aromatic N) is 4. The molecule has 0 radical (unpaired) electrons. The number of hydrogen-bond donors (Lipinski definition) is 2. The van der Waals surface area contributed by atoms with Gasteiger partial charge < -0.3 is 15.4 Å². The summed E-state index contributed by atoms with van der Waals surface area (Å²) in [7, 11) is 1.67. The van der Waals surface area contributed by atoms with Gasteiger partial charge in [-0.1, -0.05) is 12.1 Å². The van der Waals surface area contributed by atoms with E-state index in [1.165, 1.54) is 12.1 Å². The third-order valence-corrected chi connectivity index (χ3v) is 5.12. The van der Waals surface area contributed by atoms with Gasteiger partial charge in [0.15, 0.2) is 0 Å². The Kier molecular flexibility index (Phi) is 8.98. The first-order valence-corrected chi connectivity index (χ1v) is 9.37. The smallest absolute Gasteiger partial charge is 0.143 e. The van der Waals surface area contributed by atoms with Crippen molar-refractivity contribution in [1.82, 2.24) is 30.8 Å². The van der Waals surface area contributed by atoms with Crippen LogP contribution in [0.3, 0.4) is 0 Å². The molecule has 7 nitrogen and oxygen atoms in total. The van der Waals surface area contributed by atoms with Gasteiger partial charge in [-0.3, -0.25) is 0 Å². The van der Waals surface area contributed by atoms with Crippen molar-refractivity contribution in [1.29, 1.82) is 0 Å². The predicted octanol–water partition coefficient (Wildman–Crippen LogP) is 3.24. The molecule has 0 unspecified atom stereocenters. The molecule has 1 aliphatic heterocycles. The summed E-state index contributed by atoms with van der Waals surface area (Å²) in [4.78, 5) is 0. The third kappa shape index (κ3) is 5.46. The van der Waals surface area contributed by atoms with E-state index in [4.69, 9.17) is 4.74 Å². The van der Waals surface area contributed by atoms with Crippen LogP contribution in [0.15, 0.2) is 48.8 Å². The molecule has 2 N–H and O–H groups in total. The van der Waals surface area contributed by atoms with E-state index in [1.807, 2.05) is 30.3 Å². The van der Waals surface area contributed by atoms with E-state index in [2.05, 4.69) is 26.2 Å². The summed E-state index contributed by atoms with van der Waals surface area (Å²) in [5, 5.41) is 18.5. The van der Waals surface area contributed by atoms with E-state index in [-0.39, 0.29) is 42.7 Å². The Bertz CT molecular complexity index is 910. The third-order valence-electron chi connectivity index (χ3n) is 5.12. The number of halogens is 3. The number of hydrogen-bond acceptors (Lipinski definition) is 6. The monoisotopic (exact) mass is 454 g/mol. The first kappa shape index (κ1) is 24.0. The number of aromatic nitrogens is 4. The van der Waals surface area contributed by atoms with Gasteiger partial charge in [-0.2, -0.15) is 0 Å². The Hall–Kier alpha value is -2.26. The largest absolute Gasteiger partial charge is 0.496 e. The topological polar surface area (TPSA) is 76.9 Å². The normalized spacial score (nSPS) is 18.2. The first-order valence-electron chi connectivity index (χ1n) is 9.37. The second kappa shape index (κ2) is 11.2. The van der Waals surface area contributed by atoms with E-state index in [9.17, 15) is 4.39 Å². The van der Waals surface area contributed by atoms with Gasteiger partial charge in [-0.05, 0) is 65.7 Å². The van der Waals surface area contributed by atoms with Gasteiger partial charge in [0.25, 0.3) is 0 Å². The lowest BCUT2D eigenvalue weighted by atomic mass is 9.92. The van der Waals surface area contributed by atoms with Crippen LogP contribution in [0.1, 0.15) is 30.0 Å². The molecule has 10 heteroatoms. The van der Waals surface area contributed by atoms with Gasteiger partial charge in [0.05, 0.1) is 12.8 Å². The van der Waals surface area contributed by atoms with Crippen molar-refractivity contribution in [3.63, 3.8) is 0 Å². The molecule has 0 aliphatic carbocycles. The quantitative estimate of drug-likeness (QED) is 0.595. The average Bonchev–Trinajstić information content (AvgIpc) is 3.28. The number of tetrazole rings is 1. The van der Waals surface area contributed by atoms with Crippen molar-refractivity contribution >= 4 is 24.8 Å². The Morgan fingerprint density at radius 3 is 2.70 bits per heavy atom. The molecule has 2 atom stereocenters. The molecule has 0 amide bonds. The predicted molar refractivity (Wildman–Crippen MR) is 117 cm³/mol. The molecule has 0 saturated carbocycles. The second-order valence-corrected chi connectivity index (χ2v) is 6.86. The molecule has 1 aliphatic rings. The molecule has 0 bridgehead atoms. The minimum atomic E-state index is -0.215. The summed E-state index contributed by atoms with van der Waals surface area (Å²) < 4.78 is 20.4. The highest BCUT2D eigenvalue weighted by atomic mass is 35.5.